The SMILES string of the molecule is COc1cccc(NC(=O)c2cc(C)n3nc(-c4cccs4)cc3n2)c1. The molecule has 3 aromatic heterocycles. The second-order valence-electron chi connectivity index (χ2n) is 5.75. The van der Waals surface area contributed by atoms with Crippen LogP contribution in [0, 0.1) is 6.92 Å². The number of carbonyl (C=O) groups is 1. The zero-order valence-corrected chi connectivity index (χ0v) is 15.1. The third-order valence-electron chi connectivity index (χ3n) is 3.94. The van der Waals surface area contributed by atoms with E-state index >= 15 is 0 Å². The number of nitrogens with one attached hydrogen (secondary N) is 1. The molecule has 0 radical (unpaired) electrons. The first-order valence-electron chi connectivity index (χ1n) is 8.01. The van der Waals surface area contributed by atoms with Crippen LogP contribution in [0.1, 0.15) is 16.2 Å². The highest BCUT2D eigenvalue weighted by Crippen LogP contribution is 2.25. The van der Waals surface area contributed by atoms with E-state index in [9.17, 15) is 4.79 Å². The molecule has 3 heterocycles. The predicted molar refractivity (Wildman–Crippen MR) is 102 cm³/mol. The van der Waals surface area contributed by atoms with E-state index in [1.54, 1.807) is 41.2 Å². The third-order valence-corrected chi connectivity index (χ3v) is 4.83. The summed E-state index contributed by atoms with van der Waals surface area (Å²) in [6.45, 7) is 1.90. The van der Waals surface area contributed by atoms with Crippen LogP contribution in [-0.2, 0) is 0 Å². The van der Waals surface area contributed by atoms with E-state index < -0.39 is 0 Å². The first-order chi connectivity index (χ1) is 12.6. The molecule has 0 aliphatic carbocycles. The first kappa shape index (κ1) is 16.3. The Morgan fingerprint density at radius 3 is 2.85 bits per heavy atom. The van der Waals surface area contributed by atoms with E-state index in [1.807, 2.05) is 42.6 Å². The van der Waals surface area contributed by atoms with Gasteiger partial charge in [0, 0.05) is 23.5 Å². The highest BCUT2D eigenvalue weighted by molar-refractivity contribution is 7.13. The van der Waals surface area contributed by atoms with Gasteiger partial charge in [0.05, 0.1) is 12.0 Å². The number of rotatable bonds is 4. The van der Waals surface area contributed by atoms with Crippen LogP contribution in [-0.4, -0.2) is 27.6 Å². The fraction of sp³-hybridized carbons (Fsp3) is 0.105. The summed E-state index contributed by atoms with van der Waals surface area (Å²) >= 11 is 1.62. The molecule has 0 aliphatic rings. The molecule has 0 bridgehead atoms. The summed E-state index contributed by atoms with van der Waals surface area (Å²) < 4.78 is 6.93. The van der Waals surface area contributed by atoms with Crippen molar-refractivity contribution in [3.63, 3.8) is 0 Å². The minimum atomic E-state index is -0.275. The highest BCUT2D eigenvalue weighted by Gasteiger charge is 2.14. The van der Waals surface area contributed by atoms with Gasteiger partial charge in [-0.15, -0.1) is 11.3 Å². The Bertz CT molecular complexity index is 1090. The lowest BCUT2D eigenvalue weighted by Gasteiger charge is -2.07. The number of fused-ring (bicyclic) bond motifs is 1. The molecular formula is C19H16N4O2S. The maximum absolute atomic E-state index is 12.6. The Morgan fingerprint density at radius 2 is 2.08 bits per heavy atom. The smallest absolute Gasteiger partial charge is 0.274 e. The van der Waals surface area contributed by atoms with Crippen molar-refractivity contribution >= 4 is 28.6 Å². The van der Waals surface area contributed by atoms with Crippen molar-refractivity contribution in [2.24, 2.45) is 0 Å². The summed E-state index contributed by atoms with van der Waals surface area (Å²) in [7, 11) is 1.59. The molecule has 1 aromatic carbocycles. The van der Waals surface area contributed by atoms with E-state index in [2.05, 4.69) is 15.4 Å². The van der Waals surface area contributed by atoms with Crippen LogP contribution in [0.15, 0.2) is 53.9 Å². The lowest BCUT2D eigenvalue weighted by Crippen LogP contribution is -2.15. The van der Waals surface area contributed by atoms with E-state index in [1.165, 1.54) is 0 Å². The van der Waals surface area contributed by atoms with Crippen LogP contribution in [0.2, 0.25) is 0 Å². The number of benzene rings is 1. The van der Waals surface area contributed by atoms with Crippen molar-refractivity contribution in [2.45, 2.75) is 6.92 Å². The number of hydrogen-bond donors (Lipinski definition) is 1. The number of aromatic nitrogens is 3. The zero-order chi connectivity index (χ0) is 18.1. The van der Waals surface area contributed by atoms with Gasteiger partial charge < -0.3 is 10.1 Å². The molecule has 0 unspecified atom stereocenters. The zero-order valence-electron chi connectivity index (χ0n) is 14.3. The quantitative estimate of drug-likeness (QED) is 0.594. The first-order valence-corrected chi connectivity index (χ1v) is 8.89. The third kappa shape index (κ3) is 3.04. The van der Waals surface area contributed by atoms with E-state index in [0.29, 0.717) is 22.8 Å². The van der Waals surface area contributed by atoms with Gasteiger partial charge in [-0.3, -0.25) is 4.79 Å². The molecule has 0 saturated heterocycles. The largest absolute Gasteiger partial charge is 0.497 e. The molecule has 4 aromatic rings. The lowest BCUT2D eigenvalue weighted by atomic mass is 10.2. The van der Waals surface area contributed by atoms with Gasteiger partial charge in [-0.25, -0.2) is 9.50 Å². The molecule has 1 amide bonds. The molecule has 0 aliphatic heterocycles. The topological polar surface area (TPSA) is 68.5 Å². The second-order valence-corrected chi connectivity index (χ2v) is 6.69. The fourth-order valence-corrected chi connectivity index (χ4v) is 3.36. The van der Waals surface area contributed by atoms with Gasteiger partial charge >= 0.3 is 0 Å². The summed E-state index contributed by atoms with van der Waals surface area (Å²) in [6.07, 6.45) is 0. The highest BCUT2D eigenvalue weighted by atomic mass is 32.1. The Kier molecular flexibility index (Phi) is 4.14. The molecule has 4 rings (SSSR count). The van der Waals surface area contributed by atoms with Gasteiger partial charge in [0.15, 0.2) is 5.65 Å². The maximum Gasteiger partial charge on any atom is 0.274 e. The van der Waals surface area contributed by atoms with Crippen LogP contribution in [0.4, 0.5) is 5.69 Å². The number of nitrogens with zero attached hydrogens (tertiary/aromatic N) is 3. The van der Waals surface area contributed by atoms with Crippen molar-refractivity contribution in [1.82, 2.24) is 14.6 Å². The van der Waals surface area contributed by atoms with Gasteiger partial charge in [0.25, 0.3) is 5.91 Å². The van der Waals surface area contributed by atoms with Crippen LogP contribution in [0.5, 0.6) is 5.75 Å². The number of methoxy groups -OCH3 is 1. The normalized spacial score (nSPS) is 10.8. The van der Waals surface area contributed by atoms with E-state index in [-0.39, 0.29) is 5.91 Å². The number of ether oxygens (including phenoxy) is 1. The van der Waals surface area contributed by atoms with Crippen LogP contribution >= 0.6 is 11.3 Å². The molecule has 26 heavy (non-hydrogen) atoms. The Balaban J connectivity index is 1.66. The van der Waals surface area contributed by atoms with Gasteiger partial charge in [-0.2, -0.15) is 5.10 Å². The van der Waals surface area contributed by atoms with Crippen LogP contribution in [0.25, 0.3) is 16.2 Å². The molecule has 0 spiro atoms. The van der Waals surface area contributed by atoms with Gasteiger partial charge in [0.1, 0.15) is 17.1 Å². The van der Waals surface area contributed by atoms with Gasteiger partial charge in [0.2, 0.25) is 0 Å². The number of thiophene rings is 1. The van der Waals surface area contributed by atoms with Crippen LogP contribution < -0.4 is 10.1 Å². The van der Waals surface area contributed by atoms with Crippen molar-refractivity contribution < 1.29 is 9.53 Å². The van der Waals surface area contributed by atoms with Crippen LogP contribution in [0.3, 0.4) is 0 Å². The Hall–Kier alpha value is -3.19. The molecule has 7 heteroatoms. The summed E-state index contributed by atoms with van der Waals surface area (Å²) in [5, 5.41) is 9.43. The molecular weight excluding hydrogens is 348 g/mol. The van der Waals surface area contributed by atoms with E-state index in [4.69, 9.17) is 4.74 Å². The number of hydrogen-bond acceptors (Lipinski definition) is 5. The molecule has 0 fully saturated rings. The number of carbonyl (C=O) groups excluding carboxylic acids is 1. The number of amides is 1. The standard InChI is InChI=1S/C19H16N4O2S/c1-12-9-16(19(24)20-13-5-3-6-14(10-13)25-2)21-18-11-15(22-23(12)18)17-7-4-8-26-17/h3-11H,1-2H3,(H,20,24). The van der Waals surface area contributed by atoms with Crippen molar-refractivity contribution in [3.8, 4) is 16.3 Å². The predicted octanol–water partition coefficient (Wildman–Crippen LogP) is 4.03. The number of anilines is 1. The molecule has 0 saturated carbocycles. The fourth-order valence-electron chi connectivity index (χ4n) is 2.68. The van der Waals surface area contributed by atoms with E-state index in [0.717, 1.165) is 16.3 Å². The Morgan fingerprint density at radius 1 is 1.19 bits per heavy atom. The second kappa shape index (κ2) is 6.61. The average molecular weight is 364 g/mol. The molecule has 6 nitrogen and oxygen atoms in total. The minimum absolute atomic E-state index is 0.275. The number of aryl methyl sites for hydroxylation is 1. The molecule has 1 N–H and O–H groups in total. The summed E-state index contributed by atoms with van der Waals surface area (Å²) in [5.74, 6) is 0.404. The summed E-state index contributed by atoms with van der Waals surface area (Å²) in [5.41, 5.74) is 3.33. The summed E-state index contributed by atoms with van der Waals surface area (Å²) in [4.78, 5) is 18.1. The van der Waals surface area contributed by atoms with Crippen molar-refractivity contribution in [1.29, 1.82) is 0 Å². The lowest BCUT2D eigenvalue weighted by molar-refractivity contribution is 0.102. The van der Waals surface area contributed by atoms with Crippen molar-refractivity contribution in [2.75, 3.05) is 12.4 Å². The van der Waals surface area contributed by atoms with Gasteiger partial charge in [-0.05, 0) is 36.6 Å². The molecule has 130 valence electrons. The monoisotopic (exact) mass is 364 g/mol. The Labute approximate surface area is 154 Å². The van der Waals surface area contributed by atoms with Gasteiger partial charge in [-0.1, -0.05) is 12.1 Å². The average Bonchev–Trinajstić information content (AvgIpc) is 3.31. The minimum Gasteiger partial charge on any atom is -0.497 e. The summed E-state index contributed by atoms with van der Waals surface area (Å²) in [6, 6.07) is 14.8. The molecule has 0 atom stereocenters. The van der Waals surface area contributed by atoms with Crippen molar-refractivity contribution in [3.05, 3.63) is 65.3 Å². The maximum atomic E-state index is 12.6.